The van der Waals surface area contributed by atoms with Gasteiger partial charge < -0.3 is 25.0 Å². The van der Waals surface area contributed by atoms with E-state index in [0.29, 0.717) is 28.3 Å². The number of methoxy groups -OCH3 is 2. The first-order chi connectivity index (χ1) is 15.4. The van der Waals surface area contributed by atoms with Gasteiger partial charge in [-0.15, -0.1) is 0 Å². The summed E-state index contributed by atoms with van der Waals surface area (Å²) >= 11 is 0. The first kappa shape index (κ1) is 22.2. The van der Waals surface area contributed by atoms with Gasteiger partial charge in [-0.25, -0.2) is 5.43 Å². The molecule has 0 aromatic heterocycles. The van der Waals surface area contributed by atoms with Gasteiger partial charge in [-0.1, -0.05) is 12.1 Å². The molecule has 0 unspecified atom stereocenters. The number of carbonyl (C=O) groups excluding carboxylic acids is 2. The average Bonchev–Trinajstić information content (AvgIpc) is 2.81. The molecule has 0 aliphatic carbocycles. The molecule has 0 spiro atoms. The molecule has 0 radical (unpaired) electrons. The van der Waals surface area contributed by atoms with Gasteiger partial charge in [0, 0.05) is 5.56 Å². The zero-order valence-corrected chi connectivity index (χ0v) is 17.3. The standard InChI is InChI=1S/C23H21N3O6/c1-31-20-10-8-15(12-21(20)32-2)22(29)25-17-6-4-3-5-16(17)23(30)26-24-13-14-7-9-18(27)19(28)11-14/h3-13,27-28H,1-2H3,(H,25,29)(H,26,30)/b24-13+. The lowest BCUT2D eigenvalue weighted by molar-refractivity contribution is 0.0956. The van der Waals surface area contributed by atoms with Gasteiger partial charge >= 0.3 is 0 Å². The average molecular weight is 435 g/mol. The highest BCUT2D eigenvalue weighted by Gasteiger charge is 2.15. The van der Waals surface area contributed by atoms with Crippen molar-refractivity contribution in [3.8, 4) is 23.0 Å². The van der Waals surface area contributed by atoms with Crippen LogP contribution in [0.5, 0.6) is 23.0 Å². The van der Waals surface area contributed by atoms with Crippen molar-refractivity contribution in [1.29, 1.82) is 0 Å². The molecule has 0 heterocycles. The smallest absolute Gasteiger partial charge is 0.273 e. The number of anilines is 1. The molecule has 0 bridgehead atoms. The lowest BCUT2D eigenvalue weighted by atomic mass is 10.1. The first-order valence-electron chi connectivity index (χ1n) is 9.40. The number of hydrogen-bond acceptors (Lipinski definition) is 7. The summed E-state index contributed by atoms with van der Waals surface area (Å²) in [4.78, 5) is 25.3. The van der Waals surface area contributed by atoms with Gasteiger partial charge in [0.05, 0.1) is 31.7 Å². The summed E-state index contributed by atoms with van der Waals surface area (Å²) in [5.41, 5.74) is 3.65. The minimum Gasteiger partial charge on any atom is -0.504 e. The van der Waals surface area contributed by atoms with Crippen molar-refractivity contribution >= 4 is 23.7 Å². The largest absolute Gasteiger partial charge is 0.504 e. The number of para-hydroxylation sites is 1. The molecule has 0 atom stereocenters. The Bertz CT molecular complexity index is 1180. The maximum atomic E-state index is 12.7. The number of rotatable bonds is 7. The van der Waals surface area contributed by atoms with E-state index in [1.807, 2.05) is 0 Å². The molecule has 164 valence electrons. The Hall–Kier alpha value is -4.53. The van der Waals surface area contributed by atoms with E-state index in [9.17, 15) is 19.8 Å². The fraction of sp³-hybridized carbons (Fsp3) is 0.0870. The topological polar surface area (TPSA) is 129 Å². The summed E-state index contributed by atoms with van der Waals surface area (Å²) in [6, 6.07) is 15.3. The fourth-order valence-electron chi connectivity index (χ4n) is 2.81. The highest BCUT2D eigenvalue weighted by Crippen LogP contribution is 2.28. The van der Waals surface area contributed by atoms with E-state index in [-0.39, 0.29) is 17.1 Å². The van der Waals surface area contributed by atoms with Crippen LogP contribution in [0, 0.1) is 0 Å². The van der Waals surface area contributed by atoms with Crippen molar-refractivity contribution in [2.75, 3.05) is 19.5 Å². The van der Waals surface area contributed by atoms with Gasteiger partial charge in [0.15, 0.2) is 23.0 Å². The summed E-state index contributed by atoms with van der Waals surface area (Å²) in [7, 11) is 2.97. The third-order valence-corrected chi connectivity index (χ3v) is 4.44. The van der Waals surface area contributed by atoms with Crippen LogP contribution in [0.2, 0.25) is 0 Å². The predicted molar refractivity (Wildman–Crippen MR) is 119 cm³/mol. The minimum atomic E-state index is -0.549. The fourth-order valence-corrected chi connectivity index (χ4v) is 2.81. The van der Waals surface area contributed by atoms with Gasteiger partial charge in [-0.2, -0.15) is 5.10 Å². The van der Waals surface area contributed by atoms with E-state index < -0.39 is 11.8 Å². The first-order valence-corrected chi connectivity index (χ1v) is 9.40. The number of hydrogen-bond donors (Lipinski definition) is 4. The summed E-state index contributed by atoms with van der Waals surface area (Å²) in [5.74, 6) is -0.653. The molecule has 9 heteroatoms. The van der Waals surface area contributed by atoms with E-state index in [1.165, 1.54) is 44.7 Å². The second-order valence-electron chi connectivity index (χ2n) is 6.52. The van der Waals surface area contributed by atoms with Crippen molar-refractivity contribution in [2.24, 2.45) is 5.10 Å². The molecule has 0 fully saturated rings. The van der Waals surface area contributed by atoms with Gasteiger partial charge in [0.2, 0.25) is 0 Å². The molecule has 3 aromatic carbocycles. The molecule has 2 amide bonds. The van der Waals surface area contributed by atoms with E-state index in [2.05, 4.69) is 15.8 Å². The van der Waals surface area contributed by atoms with E-state index in [4.69, 9.17) is 9.47 Å². The van der Waals surface area contributed by atoms with Crippen LogP contribution in [0.25, 0.3) is 0 Å². The van der Waals surface area contributed by atoms with Crippen molar-refractivity contribution in [2.45, 2.75) is 0 Å². The monoisotopic (exact) mass is 435 g/mol. The van der Waals surface area contributed by atoms with Crippen molar-refractivity contribution < 1.29 is 29.3 Å². The Balaban J connectivity index is 1.73. The highest BCUT2D eigenvalue weighted by molar-refractivity contribution is 6.09. The number of aromatic hydroxyl groups is 2. The Morgan fingerprint density at radius 1 is 0.875 bits per heavy atom. The normalized spacial score (nSPS) is 10.6. The second kappa shape index (κ2) is 9.98. The molecule has 32 heavy (non-hydrogen) atoms. The number of benzene rings is 3. The highest BCUT2D eigenvalue weighted by atomic mass is 16.5. The number of amides is 2. The molecule has 4 N–H and O–H groups in total. The molecule has 0 saturated carbocycles. The van der Waals surface area contributed by atoms with Crippen LogP contribution in [0.4, 0.5) is 5.69 Å². The lowest BCUT2D eigenvalue weighted by Gasteiger charge is -2.12. The molecule has 0 aliphatic rings. The Labute approximate surface area is 183 Å². The number of ether oxygens (including phenoxy) is 2. The van der Waals surface area contributed by atoms with Crippen LogP contribution in [0.1, 0.15) is 26.3 Å². The van der Waals surface area contributed by atoms with Crippen molar-refractivity contribution in [1.82, 2.24) is 5.43 Å². The number of phenolic OH excluding ortho intramolecular Hbond substituents is 2. The maximum Gasteiger partial charge on any atom is 0.273 e. The lowest BCUT2D eigenvalue weighted by Crippen LogP contribution is -2.21. The molecular weight excluding hydrogens is 414 g/mol. The molecule has 9 nitrogen and oxygen atoms in total. The molecule has 3 rings (SSSR count). The summed E-state index contributed by atoms with van der Waals surface area (Å²) < 4.78 is 10.4. The number of phenols is 2. The van der Waals surface area contributed by atoms with Crippen LogP contribution in [-0.4, -0.2) is 42.5 Å². The quantitative estimate of drug-likeness (QED) is 0.256. The summed E-state index contributed by atoms with van der Waals surface area (Å²) in [6.45, 7) is 0. The van der Waals surface area contributed by atoms with Gasteiger partial charge in [0.25, 0.3) is 11.8 Å². The minimum absolute atomic E-state index is 0.201. The third-order valence-electron chi connectivity index (χ3n) is 4.44. The van der Waals surface area contributed by atoms with Crippen LogP contribution in [0.3, 0.4) is 0 Å². The number of hydrazone groups is 1. The van der Waals surface area contributed by atoms with Gasteiger partial charge in [-0.05, 0) is 54.1 Å². The Morgan fingerprint density at radius 2 is 1.62 bits per heavy atom. The van der Waals surface area contributed by atoms with Crippen molar-refractivity contribution in [3.63, 3.8) is 0 Å². The molecule has 0 saturated heterocycles. The predicted octanol–water partition coefficient (Wildman–Crippen LogP) is 3.13. The Morgan fingerprint density at radius 3 is 2.34 bits per heavy atom. The zero-order valence-electron chi connectivity index (χ0n) is 17.3. The van der Waals surface area contributed by atoms with Crippen LogP contribution < -0.4 is 20.2 Å². The van der Waals surface area contributed by atoms with Crippen LogP contribution in [-0.2, 0) is 0 Å². The Kier molecular flexibility index (Phi) is 6.92. The summed E-state index contributed by atoms with van der Waals surface area (Å²) in [6.07, 6.45) is 1.31. The molecule has 0 aliphatic heterocycles. The van der Waals surface area contributed by atoms with Crippen LogP contribution in [0.15, 0.2) is 65.8 Å². The molecular formula is C23H21N3O6. The van der Waals surface area contributed by atoms with Crippen LogP contribution >= 0.6 is 0 Å². The number of nitrogens with one attached hydrogen (secondary N) is 2. The maximum absolute atomic E-state index is 12.7. The van der Waals surface area contributed by atoms with Gasteiger partial charge in [-0.3, -0.25) is 9.59 Å². The van der Waals surface area contributed by atoms with Gasteiger partial charge in [0.1, 0.15) is 0 Å². The number of carbonyl (C=O) groups is 2. The molecule has 3 aromatic rings. The second-order valence-corrected chi connectivity index (χ2v) is 6.52. The SMILES string of the molecule is COc1ccc(C(=O)Nc2ccccc2C(=O)N/N=C/c2ccc(O)c(O)c2)cc1OC. The van der Waals surface area contributed by atoms with E-state index in [0.717, 1.165) is 0 Å². The van der Waals surface area contributed by atoms with E-state index >= 15 is 0 Å². The summed E-state index contributed by atoms with van der Waals surface area (Å²) in [5, 5.41) is 25.4. The third kappa shape index (κ3) is 5.14. The zero-order chi connectivity index (χ0) is 23.1. The number of nitrogens with zero attached hydrogens (tertiary/aromatic N) is 1. The van der Waals surface area contributed by atoms with Crippen molar-refractivity contribution in [3.05, 3.63) is 77.4 Å². The van der Waals surface area contributed by atoms with E-state index in [1.54, 1.807) is 36.4 Å².